The van der Waals surface area contributed by atoms with Gasteiger partial charge in [0.25, 0.3) is 10.0 Å². The minimum atomic E-state index is -3.80. The molecule has 0 atom stereocenters. The number of oxazole rings is 1. The summed E-state index contributed by atoms with van der Waals surface area (Å²) in [5.74, 6) is -0.518. The Morgan fingerprint density at radius 1 is 1.15 bits per heavy atom. The van der Waals surface area contributed by atoms with Crippen LogP contribution < -0.4 is 4.72 Å². The Morgan fingerprint density at radius 2 is 2.00 bits per heavy atom. The monoisotopic (exact) mass is 292 g/mol. The number of sulfonamides is 1. The molecule has 0 saturated heterocycles. The van der Waals surface area contributed by atoms with Crippen LogP contribution in [0.5, 0.6) is 0 Å². The van der Waals surface area contributed by atoms with Gasteiger partial charge in [0.05, 0.1) is 10.6 Å². The normalized spacial score (nSPS) is 11.7. The van der Waals surface area contributed by atoms with Crippen molar-refractivity contribution in [3.63, 3.8) is 0 Å². The molecule has 1 N–H and O–H groups in total. The van der Waals surface area contributed by atoms with Gasteiger partial charge < -0.3 is 4.42 Å². The largest absolute Gasteiger partial charge is 0.443 e. The lowest BCUT2D eigenvalue weighted by atomic mass is 10.3. The number of hydrogen-bond acceptors (Lipinski definition) is 4. The maximum Gasteiger partial charge on any atom is 0.262 e. The van der Waals surface area contributed by atoms with Gasteiger partial charge in [-0.25, -0.2) is 17.8 Å². The van der Waals surface area contributed by atoms with Gasteiger partial charge in [0.15, 0.2) is 12.0 Å². The van der Waals surface area contributed by atoms with Crippen molar-refractivity contribution in [2.24, 2.45) is 0 Å². The van der Waals surface area contributed by atoms with Crippen molar-refractivity contribution in [2.75, 3.05) is 4.72 Å². The van der Waals surface area contributed by atoms with Crippen molar-refractivity contribution in [1.29, 1.82) is 0 Å². The lowest BCUT2D eigenvalue weighted by Crippen LogP contribution is -2.12. The zero-order valence-corrected chi connectivity index (χ0v) is 10.9. The fourth-order valence-electron chi connectivity index (χ4n) is 1.77. The average molecular weight is 292 g/mol. The van der Waals surface area contributed by atoms with E-state index in [0.717, 1.165) is 6.07 Å². The van der Waals surface area contributed by atoms with Crippen molar-refractivity contribution in [3.8, 4) is 0 Å². The molecule has 0 bridgehead atoms. The number of benzene rings is 2. The van der Waals surface area contributed by atoms with Gasteiger partial charge in [-0.05, 0) is 30.3 Å². The van der Waals surface area contributed by atoms with Gasteiger partial charge >= 0.3 is 0 Å². The average Bonchev–Trinajstić information content (AvgIpc) is 2.85. The zero-order chi connectivity index (χ0) is 14.2. The van der Waals surface area contributed by atoms with E-state index in [1.165, 1.54) is 36.7 Å². The molecule has 0 fully saturated rings. The summed E-state index contributed by atoms with van der Waals surface area (Å²) in [6, 6.07) is 9.54. The predicted octanol–water partition coefficient (Wildman–Crippen LogP) is 2.77. The van der Waals surface area contributed by atoms with E-state index >= 15 is 0 Å². The van der Waals surface area contributed by atoms with Crippen molar-refractivity contribution in [1.82, 2.24) is 4.98 Å². The van der Waals surface area contributed by atoms with E-state index in [-0.39, 0.29) is 10.6 Å². The highest BCUT2D eigenvalue weighted by Gasteiger charge is 2.16. The Morgan fingerprint density at radius 3 is 2.80 bits per heavy atom. The molecule has 7 heteroatoms. The maximum atomic E-state index is 13.1. The first kappa shape index (κ1) is 12.6. The molecule has 1 aromatic heterocycles. The van der Waals surface area contributed by atoms with Crippen LogP contribution in [0, 0.1) is 5.82 Å². The van der Waals surface area contributed by atoms with Gasteiger partial charge in [-0.1, -0.05) is 6.07 Å². The Balaban J connectivity index is 1.98. The Hall–Kier alpha value is -2.41. The van der Waals surface area contributed by atoms with Gasteiger partial charge in [0.1, 0.15) is 11.3 Å². The molecule has 0 amide bonds. The van der Waals surface area contributed by atoms with Crippen LogP contribution in [0.3, 0.4) is 0 Å². The molecule has 0 saturated carbocycles. The van der Waals surface area contributed by atoms with Crippen LogP contribution in [-0.4, -0.2) is 13.4 Å². The molecule has 0 aliphatic rings. The second kappa shape index (κ2) is 4.61. The first-order valence-electron chi connectivity index (χ1n) is 5.66. The number of fused-ring (bicyclic) bond motifs is 1. The van der Waals surface area contributed by atoms with Crippen LogP contribution in [0.4, 0.5) is 10.1 Å². The number of nitrogens with zero attached hydrogens (tertiary/aromatic N) is 1. The first-order chi connectivity index (χ1) is 9.54. The molecule has 0 unspecified atom stereocenters. The summed E-state index contributed by atoms with van der Waals surface area (Å²) in [7, 11) is -3.80. The van der Waals surface area contributed by atoms with Gasteiger partial charge in [-0.2, -0.15) is 0 Å². The third-order valence-electron chi connectivity index (χ3n) is 2.69. The third-order valence-corrected chi connectivity index (χ3v) is 4.07. The number of rotatable bonds is 3. The predicted molar refractivity (Wildman–Crippen MR) is 71.2 cm³/mol. The van der Waals surface area contributed by atoms with E-state index in [1.807, 2.05) is 0 Å². The minimum Gasteiger partial charge on any atom is -0.443 e. The van der Waals surface area contributed by atoms with E-state index in [0.29, 0.717) is 11.1 Å². The number of hydrogen-bond donors (Lipinski definition) is 1. The smallest absolute Gasteiger partial charge is 0.262 e. The van der Waals surface area contributed by atoms with E-state index in [9.17, 15) is 12.8 Å². The Bertz CT molecular complexity index is 874. The van der Waals surface area contributed by atoms with Gasteiger partial charge in [-0.15, -0.1) is 0 Å². The fourth-order valence-corrected chi connectivity index (χ4v) is 2.83. The van der Waals surface area contributed by atoms with Gasteiger partial charge in [0, 0.05) is 6.07 Å². The highest BCUT2D eigenvalue weighted by molar-refractivity contribution is 7.92. The van der Waals surface area contributed by atoms with Gasteiger partial charge in [0.2, 0.25) is 0 Å². The molecule has 102 valence electrons. The lowest BCUT2D eigenvalue weighted by Gasteiger charge is -2.07. The number of halogens is 1. The number of anilines is 1. The van der Waals surface area contributed by atoms with Crippen LogP contribution in [0.25, 0.3) is 11.1 Å². The molecule has 1 heterocycles. The summed E-state index contributed by atoms with van der Waals surface area (Å²) in [5, 5.41) is 0. The first-order valence-corrected chi connectivity index (χ1v) is 7.14. The van der Waals surface area contributed by atoms with E-state index in [4.69, 9.17) is 4.42 Å². The summed E-state index contributed by atoms with van der Waals surface area (Å²) < 4.78 is 44.8. The van der Waals surface area contributed by atoms with Crippen molar-refractivity contribution < 1.29 is 17.2 Å². The molecular formula is C13H9FN2O3S. The summed E-state index contributed by atoms with van der Waals surface area (Å²) in [6.45, 7) is 0. The van der Waals surface area contributed by atoms with Gasteiger partial charge in [-0.3, -0.25) is 4.72 Å². The molecule has 20 heavy (non-hydrogen) atoms. The Labute approximate surface area is 114 Å². The topological polar surface area (TPSA) is 72.2 Å². The molecule has 2 aromatic carbocycles. The maximum absolute atomic E-state index is 13.1. The van der Waals surface area contributed by atoms with E-state index in [2.05, 4.69) is 9.71 Å². The highest BCUT2D eigenvalue weighted by Crippen LogP contribution is 2.21. The number of nitrogens with one attached hydrogen (secondary N) is 1. The lowest BCUT2D eigenvalue weighted by molar-refractivity contribution is 0.594. The molecule has 3 rings (SSSR count). The summed E-state index contributed by atoms with van der Waals surface area (Å²) in [5.41, 5.74) is 1.09. The van der Waals surface area contributed by atoms with Crippen LogP contribution in [-0.2, 0) is 10.0 Å². The molecule has 0 aliphatic carbocycles. The van der Waals surface area contributed by atoms with Crippen LogP contribution >= 0.6 is 0 Å². The summed E-state index contributed by atoms with van der Waals surface area (Å²) >= 11 is 0. The highest BCUT2D eigenvalue weighted by atomic mass is 32.2. The van der Waals surface area contributed by atoms with E-state index < -0.39 is 15.8 Å². The quantitative estimate of drug-likeness (QED) is 0.805. The fraction of sp³-hybridized carbons (Fsp3) is 0. The van der Waals surface area contributed by atoms with Crippen molar-refractivity contribution in [2.45, 2.75) is 4.90 Å². The molecule has 5 nitrogen and oxygen atoms in total. The van der Waals surface area contributed by atoms with E-state index in [1.54, 1.807) is 6.07 Å². The van der Waals surface area contributed by atoms with Crippen LogP contribution in [0.2, 0.25) is 0 Å². The Kier molecular flexibility index (Phi) is 2.90. The second-order valence-electron chi connectivity index (χ2n) is 4.10. The minimum absolute atomic E-state index is 0.0195. The van der Waals surface area contributed by atoms with Crippen LogP contribution in [0.15, 0.2) is 58.2 Å². The standard InChI is InChI=1S/C13H9FN2O3S/c14-9-2-1-3-10(6-9)16-20(17,18)11-4-5-12-13(7-11)19-8-15-12/h1-8,16H. The molecule has 3 aromatic rings. The molecule has 0 spiro atoms. The van der Waals surface area contributed by atoms with Crippen molar-refractivity contribution in [3.05, 3.63) is 54.7 Å². The SMILES string of the molecule is O=S(=O)(Nc1cccc(F)c1)c1ccc2ncoc2c1. The molecule has 0 radical (unpaired) electrons. The van der Waals surface area contributed by atoms with Crippen molar-refractivity contribution >= 4 is 26.8 Å². The molecule has 0 aliphatic heterocycles. The summed E-state index contributed by atoms with van der Waals surface area (Å²) in [6.07, 6.45) is 1.24. The third kappa shape index (κ3) is 2.35. The number of aromatic nitrogens is 1. The second-order valence-corrected chi connectivity index (χ2v) is 5.78. The zero-order valence-electron chi connectivity index (χ0n) is 10.1. The molecular weight excluding hydrogens is 283 g/mol. The van der Waals surface area contributed by atoms with Crippen LogP contribution in [0.1, 0.15) is 0 Å². The summed E-state index contributed by atoms with van der Waals surface area (Å²) in [4.78, 5) is 3.93.